The number of aryl methyl sites for hydroxylation is 1. The molecule has 0 aromatic heterocycles. The Morgan fingerprint density at radius 3 is 2.48 bits per heavy atom. The second kappa shape index (κ2) is 8.67. The standard InChI is InChI=1S/C18H28N2O4S/c1-15-7-9-16(10-8-15)20(25(3,22)23)14-18(21)19(2)12-11-17-6-4-5-13-24-17/h7-10,17H,4-6,11-14H2,1-3H3/t17-/m0/s1. The summed E-state index contributed by atoms with van der Waals surface area (Å²) in [5, 5.41) is 0. The largest absolute Gasteiger partial charge is 0.378 e. The Kier molecular flexibility index (Phi) is 6.84. The van der Waals surface area contributed by atoms with Gasteiger partial charge in [-0.25, -0.2) is 8.42 Å². The number of carbonyl (C=O) groups excluding carboxylic acids is 1. The number of sulfonamides is 1. The molecule has 0 N–H and O–H groups in total. The zero-order valence-corrected chi connectivity index (χ0v) is 16.1. The molecule has 7 heteroatoms. The van der Waals surface area contributed by atoms with E-state index in [2.05, 4.69) is 0 Å². The molecular formula is C18H28N2O4S. The van der Waals surface area contributed by atoms with Crippen molar-refractivity contribution < 1.29 is 17.9 Å². The third-order valence-corrected chi connectivity index (χ3v) is 5.63. The molecule has 0 spiro atoms. The molecule has 1 amide bonds. The third kappa shape index (κ3) is 6.01. The van der Waals surface area contributed by atoms with Crippen molar-refractivity contribution in [3.8, 4) is 0 Å². The van der Waals surface area contributed by atoms with E-state index < -0.39 is 10.0 Å². The van der Waals surface area contributed by atoms with E-state index in [1.54, 1.807) is 24.1 Å². The van der Waals surface area contributed by atoms with Crippen LogP contribution in [0.1, 0.15) is 31.2 Å². The summed E-state index contributed by atoms with van der Waals surface area (Å²) in [4.78, 5) is 14.1. The van der Waals surface area contributed by atoms with Crippen LogP contribution >= 0.6 is 0 Å². The Bertz CT molecular complexity index is 667. The first-order valence-electron chi connectivity index (χ1n) is 8.67. The zero-order chi connectivity index (χ0) is 18.4. The van der Waals surface area contributed by atoms with Crippen molar-refractivity contribution in [1.29, 1.82) is 0 Å². The first kappa shape index (κ1) is 19.7. The number of ether oxygens (including phenoxy) is 1. The SMILES string of the molecule is Cc1ccc(N(CC(=O)N(C)CC[C@@H]2CCCCO2)S(C)(=O)=O)cc1. The van der Waals surface area contributed by atoms with Gasteiger partial charge in [0.05, 0.1) is 18.0 Å². The van der Waals surface area contributed by atoms with Crippen molar-refractivity contribution in [3.05, 3.63) is 29.8 Å². The molecule has 1 atom stereocenters. The fourth-order valence-electron chi connectivity index (χ4n) is 2.85. The summed E-state index contributed by atoms with van der Waals surface area (Å²) in [7, 11) is -1.82. The molecule has 1 fully saturated rings. The lowest BCUT2D eigenvalue weighted by molar-refractivity contribution is -0.128. The molecule has 0 aliphatic carbocycles. The third-order valence-electron chi connectivity index (χ3n) is 4.49. The van der Waals surface area contributed by atoms with Crippen LogP contribution in [-0.2, 0) is 19.6 Å². The Hall–Kier alpha value is -1.60. The molecular weight excluding hydrogens is 340 g/mol. The van der Waals surface area contributed by atoms with Gasteiger partial charge in [0.1, 0.15) is 6.54 Å². The van der Waals surface area contributed by atoms with Crippen molar-refractivity contribution >= 4 is 21.6 Å². The molecule has 0 unspecified atom stereocenters. The van der Waals surface area contributed by atoms with Gasteiger partial charge < -0.3 is 9.64 Å². The summed E-state index contributed by atoms with van der Waals surface area (Å²) in [6.07, 6.45) is 5.40. The maximum absolute atomic E-state index is 12.5. The number of amides is 1. The molecule has 1 aliphatic rings. The fraction of sp³-hybridized carbons (Fsp3) is 0.611. The lowest BCUT2D eigenvalue weighted by atomic mass is 10.1. The summed E-state index contributed by atoms with van der Waals surface area (Å²) in [6, 6.07) is 7.11. The second-order valence-corrected chi connectivity index (χ2v) is 8.60. The van der Waals surface area contributed by atoms with Gasteiger partial charge in [-0.05, 0) is 44.7 Å². The summed E-state index contributed by atoms with van der Waals surface area (Å²) in [5.74, 6) is -0.221. The number of anilines is 1. The maximum Gasteiger partial charge on any atom is 0.243 e. The summed E-state index contributed by atoms with van der Waals surface area (Å²) < 4.78 is 31.1. The van der Waals surface area contributed by atoms with Crippen LogP contribution in [-0.4, -0.2) is 58.3 Å². The molecule has 2 rings (SSSR count). The maximum atomic E-state index is 12.5. The minimum absolute atomic E-state index is 0.191. The average molecular weight is 368 g/mol. The topological polar surface area (TPSA) is 66.9 Å². The number of likely N-dealkylation sites (N-methyl/N-ethyl adjacent to an activating group) is 1. The zero-order valence-electron chi connectivity index (χ0n) is 15.3. The van der Waals surface area contributed by atoms with Gasteiger partial charge in [0.2, 0.25) is 15.9 Å². The normalized spacial score (nSPS) is 18.0. The highest BCUT2D eigenvalue weighted by atomic mass is 32.2. The average Bonchev–Trinajstić information content (AvgIpc) is 2.58. The Morgan fingerprint density at radius 2 is 1.92 bits per heavy atom. The smallest absolute Gasteiger partial charge is 0.243 e. The summed E-state index contributed by atoms with van der Waals surface area (Å²) in [5.41, 5.74) is 1.54. The highest BCUT2D eigenvalue weighted by molar-refractivity contribution is 7.92. The highest BCUT2D eigenvalue weighted by Gasteiger charge is 2.23. The van der Waals surface area contributed by atoms with Gasteiger partial charge in [0.25, 0.3) is 0 Å². The van der Waals surface area contributed by atoms with Crippen molar-refractivity contribution in [1.82, 2.24) is 4.90 Å². The number of nitrogens with zero attached hydrogens (tertiary/aromatic N) is 2. The predicted molar refractivity (Wildman–Crippen MR) is 99.2 cm³/mol. The second-order valence-electron chi connectivity index (χ2n) is 6.70. The predicted octanol–water partition coefficient (Wildman–Crippen LogP) is 2.18. The molecule has 0 saturated carbocycles. The number of benzene rings is 1. The molecule has 1 aliphatic heterocycles. The molecule has 0 bridgehead atoms. The van der Waals surface area contributed by atoms with Gasteiger partial charge >= 0.3 is 0 Å². The van der Waals surface area contributed by atoms with Crippen LogP contribution in [0.2, 0.25) is 0 Å². The molecule has 25 heavy (non-hydrogen) atoms. The van der Waals surface area contributed by atoms with Gasteiger partial charge in [-0.15, -0.1) is 0 Å². The van der Waals surface area contributed by atoms with Crippen LogP contribution < -0.4 is 4.31 Å². The fourth-order valence-corrected chi connectivity index (χ4v) is 3.70. The van der Waals surface area contributed by atoms with Gasteiger partial charge in [0.15, 0.2) is 0 Å². The number of carbonyl (C=O) groups is 1. The first-order valence-corrected chi connectivity index (χ1v) is 10.5. The van der Waals surface area contributed by atoms with E-state index in [1.165, 1.54) is 0 Å². The van der Waals surface area contributed by atoms with Crippen LogP contribution in [0, 0.1) is 6.92 Å². The minimum atomic E-state index is -3.53. The van der Waals surface area contributed by atoms with Crippen LogP contribution in [0.4, 0.5) is 5.69 Å². The van der Waals surface area contributed by atoms with Crippen LogP contribution in [0.25, 0.3) is 0 Å². The van der Waals surface area contributed by atoms with Crippen molar-refractivity contribution in [3.63, 3.8) is 0 Å². The lowest BCUT2D eigenvalue weighted by Crippen LogP contribution is -2.42. The van der Waals surface area contributed by atoms with E-state index in [1.807, 2.05) is 19.1 Å². The molecule has 0 radical (unpaired) electrons. The quantitative estimate of drug-likeness (QED) is 0.740. The van der Waals surface area contributed by atoms with Gasteiger partial charge in [0, 0.05) is 20.2 Å². The minimum Gasteiger partial charge on any atom is -0.378 e. The van der Waals surface area contributed by atoms with Crippen molar-refractivity contribution in [2.75, 3.05) is 37.3 Å². The molecule has 1 aromatic carbocycles. The summed E-state index contributed by atoms with van der Waals surface area (Å²) in [6.45, 7) is 3.09. The van der Waals surface area contributed by atoms with Gasteiger partial charge in [-0.1, -0.05) is 17.7 Å². The van der Waals surface area contributed by atoms with E-state index in [0.29, 0.717) is 12.2 Å². The molecule has 1 heterocycles. The van der Waals surface area contributed by atoms with Gasteiger partial charge in [-0.3, -0.25) is 9.10 Å². The van der Waals surface area contributed by atoms with E-state index in [0.717, 1.165) is 48.4 Å². The van der Waals surface area contributed by atoms with E-state index in [-0.39, 0.29) is 18.6 Å². The number of hydrogen-bond acceptors (Lipinski definition) is 4. The Balaban J connectivity index is 1.97. The lowest BCUT2D eigenvalue weighted by Gasteiger charge is -2.27. The monoisotopic (exact) mass is 368 g/mol. The van der Waals surface area contributed by atoms with Gasteiger partial charge in [-0.2, -0.15) is 0 Å². The first-order chi connectivity index (χ1) is 11.8. The Morgan fingerprint density at radius 1 is 1.24 bits per heavy atom. The summed E-state index contributed by atoms with van der Waals surface area (Å²) >= 11 is 0. The van der Waals surface area contributed by atoms with Crippen molar-refractivity contribution in [2.45, 2.75) is 38.7 Å². The molecule has 140 valence electrons. The van der Waals surface area contributed by atoms with Crippen LogP contribution in [0.15, 0.2) is 24.3 Å². The number of hydrogen-bond donors (Lipinski definition) is 0. The van der Waals surface area contributed by atoms with Crippen molar-refractivity contribution in [2.24, 2.45) is 0 Å². The van der Waals surface area contributed by atoms with E-state index >= 15 is 0 Å². The molecule has 1 aromatic rings. The van der Waals surface area contributed by atoms with Crippen LogP contribution in [0.5, 0.6) is 0 Å². The highest BCUT2D eigenvalue weighted by Crippen LogP contribution is 2.19. The van der Waals surface area contributed by atoms with E-state index in [4.69, 9.17) is 4.74 Å². The Labute approximate surface area is 150 Å². The number of rotatable bonds is 7. The van der Waals surface area contributed by atoms with E-state index in [9.17, 15) is 13.2 Å². The van der Waals surface area contributed by atoms with Crippen LogP contribution in [0.3, 0.4) is 0 Å². The molecule has 1 saturated heterocycles. The molecule has 6 nitrogen and oxygen atoms in total.